The summed E-state index contributed by atoms with van der Waals surface area (Å²) in [5.74, 6) is 0.897. The van der Waals surface area contributed by atoms with E-state index in [1.807, 2.05) is 6.92 Å². The number of ketones is 1. The standard InChI is InChI=1S/C9H12N2OS/c1-2-7-9(13-11-10-7)8(12)5-6-3-4-6/h6H,2-5H2,1H3. The molecule has 0 spiro atoms. The third-order valence-corrected chi connectivity index (χ3v) is 3.12. The van der Waals surface area contributed by atoms with E-state index in [1.165, 1.54) is 24.4 Å². The van der Waals surface area contributed by atoms with Crippen molar-refractivity contribution in [2.75, 3.05) is 0 Å². The van der Waals surface area contributed by atoms with E-state index in [2.05, 4.69) is 9.59 Å². The van der Waals surface area contributed by atoms with Crippen molar-refractivity contribution in [1.82, 2.24) is 9.59 Å². The third kappa shape index (κ3) is 1.94. The monoisotopic (exact) mass is 196 g/mol. The Morgan fingerprint density at radius 3 is 3.00 bits per heavy atom. The van der Waals surface area contributed by atoms with Gasteiger partial charge in [-0.05, 0) is 36.7 Å². The van der Waals surface area contributed by atoms with Gasteiger partial charge in [-0.25, -0.2) is 0 Å². The summed E-state index contributed by atoms with van der Waals surface area (Å²) in [5.41, 5.74) is 0.871. The van der Waals surface area contributed by atoms with Gasteiger partial charge in [-0.2, -0.15) is 0 Å². The molecule has 1 aliphatic carbocycles. The van der Waals surface area contributed by atoms with Crippen LogP contribution in [-0.2, 0) is 6.42 Å². The molecule has 70 valence electrons. The number of aryl methyl sites for hydroxylation is 1. The first-order chi connectivity index (χ1) is 6.31. The van der Waals surface area contributed by atoms with E-state index in [1.54, 1.807) is 0 Å². The molecule has 1 saturated carbocycles. The quantitative estimate of drug-likeness (QED) is 0.692. The first kappa shape index (κ1) is 8.81. The Balaban J connectivity index is 2.08. The Morgan fingerprint density at radius 2 is 2.38 bits per heavy atom. The minimum atomic E-state index is 0.245. The minimum absolute atomic E-state index is 0.245. The Morgan fingerprint density at radius 1 is 1.62 bits per heavy atom. The lowest BCUT2D eigenvalue weighted by molar-refractivity contribution is 0.0979. The summed E-state index contributed by atoms with van der Waals surface area (Å²) in [6, 6.07) is 0. The summed E-state index contributed by atoms with van der Waals surface area (Å²) in [5, 5.41) is 3.93. The molecule has 13 heavy (non-hydrogen) atoms. The second-order valence-electron chi connectivity index (χ2n) is 3.47. The molecule has 1 aromatic rings. The minimum Gasteiger partial charge on any atom is -0.293 e. The molecule has 0 bridgehead atoms. The fourth-order valence-electron chi connectivity index (χ4n) is 1.33. The van der Waals surface area contributed by atoms with Crippen LogP contribution in [0.2, 0.25) is 0 Å². The van der Waals surface area contributed by atoms with E-state index in [4.69, 9.17) is 0 Å². The van der Waals surface area contributed by atoms with Crippen molar-refractivity contribution < 1.29 is 4.79 Å². The number of aromatic nitrogens is 2. The first-order valence-corrected chi connectivity index (χ1v) is 5.43. The molecule has 0 saturated heterocycles. The van der Waals surface area contributed by atoms with Crippen LogP contribution in [0, 0.1) is 5.92 Å². The summed E-state index contributed by atoms with van der Waals surface area (Å²) < 4.78 is 3.81. The molecule has 1 aromatic heterocycles. The van der Waals surface area contributed by atoms with Crippen molar-refractivity contribution in [2.24, 2.45) is 5.92 Å². The summed E-state index contributed by atoms with van der Waals surface area (Å²) in [6.45, 7) is 2.00. The molecule has 2 rings (SSSR count). The van der Waals surface area contributed by atoms with Gasteiger partial charge in [-0.15, -0.1) is 5.10 Å². The maximum absolute atomic E-state index is 11.7. The summed E-state index contributed by atoms with van der Waals surface area (Å²) in [7, 11) is 0. The van der Waals surface area contributed by atoms with Crippen LogP contribution in [0.15, 0.2) is 0 Å². The van der Waals surface area contributed by atoms with Crippen LogP contribution >= 0.6 is 11.5 Å². The van der Waals surface area contributed by atoms with Crippen LogP contribution in [0.3, 0.4) is 0 Å². The average molecular weight is 196 g/mol. The molecular formula is C9H12N2OS. The molecule has 3 nitrogen and oxygen atoms in total. The lowest BCUT2D eigenvalue weighted by Gasteiger charge is -1.95. The molecular weight excluding hydrogens is 184 g/mol. The SMILES string of the molecule is CCc1nnsc1C(=O)CC1CC1. The zero-order valence-corrected chi connectivity index (χ0v) is 8.43. The summed E-state index contributed by atoms with van der Waals surface area (Å²) >= 11 is 1.24. The molecule has 0 aromatic carbocycles. The zero-order chi connectivity index (χ0) is 9.26. The molecule has 0 unspecified atom stereocenters. The fraction of sp³-hybridized carbons (Fsp3) is 0.667. The van der Waals surface area contributed by atoms with E-state index in [0.29, 0.717) is 12.3 Å². The first-order valence-electron chi connectivity index (χ1n) is 4.65. The summed E-state index contributed by atoms with van der Waals surface area (Å²) in [6.07, 6.45) is 3.96. The van der Waals surface area contributed by atoms with Gasteiger partial charge in [-0.1, -0.05) is 11.4 Å². The van der Waals surface area contributed by atoms with Gasteiger partial charge in [-0.3, -0.25) is 4.79 Å². The number of carbonyl (C=O) groups is 1. The highest BCUT2D eigenvalue weighted by Gasteiger charge is 2.26. The van der Waals surface area contributed by atoms with Gasteiger partial charge in [0.25, 0.3) is 0 Å². The highest BCUT2D eigenvalue weighted by Crippen LogP contribution is 2.34. The number of hydrogen-bond acceptors (Lipinski definition) is 4. The van der Waals surface area contributed by atoms with Gasteiger partial charge in [0.1, 0.15) is 4.88 Å². The van der Waals surface area contributed by atoms with Gasteiger partial charge < -0.3 is 0 Å². The van der Waals surface area contributed by atoms with Crippen LogP contribution in [0.5, 0.6) is 0 Å². The van der Waals surface area contributed by atoms with E-state index >= 15 is 0 Å². The van der Waals surface area contributed by atoms with Crippen molar-refractivity contribution in [3.63, 3.8) is 0 Å². The molecule has 0 radical (unpaired) electrons. The predicted molar refractivity (Wildman–Crippen MR) is 51.0 cm³/mol. The fourth-order valence-corrected chi connectivity index (χ4v) is 2.03. The van der Waals surface area contributed by atoms with Crippen molar-refractivity contribution in [1.29, 1.82) is 0 Å². The number of carbonyl (C=O) groups excluding carboxylic acids is 1. The molecule has 1 fully saturated rings. The van der Waals surface area contributed by atoms with Gasteiger partial charge in [0.05, 0.1) is 5.69 Å². The highest BCUT2D eigenvalue weighted by molar-refractivity contribution is 7.08. The van der Waals surface area contributed by atoms with E-state index < -0.39 is 0 Å². The highest BCUT2D eigenvalue weighted by atomic mass is 32.1. The zero-order valence-electron chi connectivity index (χ0n) is 7.62. The Labute approximate surface area is 81.3 Å². The van der Waals surface area contributed by atoms with Crippen molar-refractivity contribution >= 4 is 17.3 Å². The maximum atomic E-state index is 11.7. The molecule has 0 N–H and O–H groups in total. The normalized spacial score (nSPS) is 16.1. The average Bonchev–Trinajstić information content (AvgIpc) is 2.82. The molecule has 1 heterocycles. The number of rotatable bonds is 4. The molecule has 0 aliphatic heterocycles. The van der Waals surface area contributed by atoms with Crippen LogP contribution < -0.4 is 0 Å². The van der Waals surface area contributed by atoms with Gasteiger partial charge in [0, 0.05) is 6.42 Å². The molecule has 0 atom stereocenters. The lowest BCUT2D eigenvalue weighted by atomic mass is 10.1. The van der Waals surface area contributed by atoms with Crippen LogP contribution in [0.25, 0.3) is 0 Å². The van der Waals surface area contributed by atoms with Crippen LogP contribution in [0.4, 0.5) is 0 Å². The van der Waals surface area contributed by atoms with Crippen LogP contribution in [-0.4, -0.2) is 15.4 Å². The van der Waals surface area contributed by atoms with Crippen molar-refractivity contribution in [3.8, 4) is 0 Å². The maximum Gasteiger partial charge on any atom is 0.176 e. The second-order valence-corrected chi connectivity index (χ2v) is 4.23. The number of nitrogens with zero attached hydrogens (tertiary/aromatic N) is 2. The number of hydrogen-bond donors (Lipinski definition) is 0. The topological polar surface area (TPSA) is 42.9 Å². The van der Waals surface area contributed by atoms with Crippen LogP contribution in [0.1, 0.15) is 41.6 Å². The third-order valence-electron chi connectivity index (χ3n) is 2.31. The molecule has 4 heteroatoms. The molecule has 0 amide bonds. The Bertz CT molecular complexity index is 317. The van der Waals surface area contributed by atoms with Crippen molar-refractivity contribution in [2.45, 2.75) is 32.6 Å². The summed E-state index contributed by atoms with van der Waals surface area (Å²) in [4.78, 5) is 12.5. The van der Waals surface area contributed by atoms with E-state index in [9.17, 15) is 4.79 Å². The smallest absolute Gasteiger partial charge is 0.176 e. The number of Topliss-reactive ketones (excluding diaryl/α,β-unsaturated/α-hetero) is 1. The Kier molecular flexibility index (Phi) is 2.40. The van der Waals surface area contributed by atoms with Gasteiger partial charge in [0.2, 0.25) is 0 Å². The molecule has 1 aliphatic rings. The predicted octanol–water partition coefficient (Wildman–Crippen LogP) is 2.08. The van der Waals surface area contributed by atoms with Crippen molar-refractivity contribution in [3.05, 3.63) is 10.6 Å². The Hall–Kier alpha value is -0.770. The van der Waals surface area contributed by atoms with E-state index in [0.717, 1.165) is 17.0 Å². The van der Waals surface area contributed by atoms with Gasteiger partial charge >= 0.3 is 0 Å². The lowest BCUT2D eigenvalue weighted by Crippen LogP contribution is -2.01. The second kappa shape index (κ2) is 3.54. The van der Waals surface area contributed by atoms with Gasteiger partial charge in [0.15, 0.2) is 5.78 Å². The van der Waals surface area contributed by atoms with E-state index in [-0.39, 0.29) is 5.78 Å². The largest absolute Gasteiger partial charge is 0.293 e.